The summed E-state index contributed by atoms with van der Waals surface area (Å²) < 4.78 is 62.2. The highest BCUT2D eigenvalue weighted by Crippen LogP contribution is 2.44. The van der Waals surface area contributed by atoms with Crippen molar-refractivity contribution < 1.29 is 27.4 Å². The van der Waals surface area contributed by atoms with Crippen LogP contribution in [0.15, 0.2) is 52.3 Å². The fraction of sp³-hybridized carbons (Fsp3) is 0.360. The Kier molecular flexibility index (Phi) is 7.16. The number of aromatic nitrogens is 1. The first-order valence-corrected chi connectivity index (χ1v) is 10.8. The fourth-order valence-corrected chi connectivity index (χ4v) is 4.07. The number of methoxy groups -OCH3 is 1. The van der Waals surface area contributed by atoms with Gasteiger partial charge in [-0.15, -0.1) is 0 Å². The van der Waals surface area contributed by atoms with Crippen molar-refractivity contribution >= 4 is 22.8 Å². The number of pyridine rings is 1. The molecule has 2 N–H and O–H groups in total. The zero-order valence-electron chi connectivity index (χ0n) is 19.2. The second kappa shape index (κ2) is 9.58. The minimum atomic E-state index is -5.05. The number of para-hydroxylation sites is 1. The molecule has 182 valence electrons. The molecule has 1 heterocycles. The van der Waals surface area contributed by atoms with E-state index in [1.54, 1.807) is 19.1 Å². The van der Waals surface area contributed by atoms with Gasteiger partial charge < -0.3 is 14.8 Å². The number of hydrogen-bond donors (Lipinski definition) is 2. The monoisotopic (exact) mass is 478 g/mol. The number of aliphatic imine (C=N–C) groups is 1. The molecule has 0 aliphatic heterocycles. The number of hydrogen-bond acceptors (Lipinski definition) is 4. The predicted octanol–water partition coefficient (Wildman–Crippen LogP) is 5.67. The maximum atomic E-state index is 14.2. The lowest BCUT2D eigenvalue weighted by molar-refractivity contribution is -0.246. The second-order valence-corrected chi connectivity index (χ2v) is 8.23. The van der Waals surface area contributed by atoms with E-state index in [0.717, 1.165) is 17.7 Å². The van der Waals surface area contributed by atoms with E-state index in [-0.39, 0.29) is 16.6 Å². The van der Waals surface area contributed by atoms with Crippen LogP contribution in [0.3, 0.4) is 0 Å². The number of alkyl halides is 3. The van der Waals surface area contributed by atoms with Gasteiger partial charge in [0.15, 0.2) is 5.60 Å². The molecule has 3 rings (SSSR count). The van der Waals surface area contributed by atoms with Crippen molar-refractivity contribution in [2.24, 2.45) is 10.9 Å². The molecule has 2 aromatic carbocycles. The number of aryl methyl sites for hydroxylation is 1. The van der Waals surface area contributed by atoms with Gasteiger partial charge in [0.05, 0.1) is 18.3 Å². The summed E-state index contributed by atoms with van der Waals surface area (Å²) in [5.41, 5.74) is -2.70. The minimum absolute atomic E-state index is 0.0271. The average Bonchev–Trinajstić information content (AvgIpc) is 2.81. The highest BCUT2D eigenvalue weighted by atomic mass is 19.4. The van der Waals surface area contributed by atoms with E-state index in [2.05, 4.69) is 9.98 Å². The minimum Gasteiger partial charge on any atom is -0.496 e. The van der Waals surface area contributed by atoms with E-state index in [1.165, 1.54) is 26.2 Å². The van der Waals surface area contributed by atoms with Crippen molar-refractivity contribution in [2.45, 2.75) is 44.9 Å². The van der Waals surface area contributed by atoms with Crippen molar-refractivity contribution in [3.63, 3.8) is 0 Å². The van der Waals surface area contributed by atoms with Crippen molar-refractivity contribution in [1.82, 2.24) is 4.98 Å². The third-order valence-electron chi connectivity index (χ3n) is 6.32. The van der Waals surface area contributed by atoms with Crippen LogP contribution in [0.1, 0.15) is 37.8 Å². The number of H-pyrrole nitrogens is 1. The molecule has 0 amide bonds. The van der Waals surface area contributed by atoms with Gasteiger partial charge in [-0.05, 0) is 41.7 Å². The maximum Gasteiger partial charge on any atom is 0.422 e. The number of fused-ring (bicyclic) bond motifs is 1. The predicted molar refractivity (Wildman–Crippen MR) is 124 cm³/mol. The van der Waals surface area contributed by atoms with Crippen LogP contribution in [0.4, 0.5) is 23.2 Å². The van der Waals surface area contributed by atoms with Crippen molar-refractivity contribution in [3.8, 4) is 5.75 Å². The number of nitrogens with zero attached hydrogens (tertiary/aromatic N) is 1. The van der Waals surface area contributed by atoms with Crippen LogP contribution in [-0.2, 0) is 6.42 Å². The standard InChI is InChI=1S/C25H26F4N2O3/c1-5-16-7-6-8-17(23(16)34-4)14(2)15(3)24(33,25(27,28)29)13-30-20-11-10-19(26)22-18(20)9-12-21(32)31-22/h6-15,33H,5H2,1-4H3,(H,31,32)/b30-13+. The van der Waals surface area contributed by atoms with Gasteiger partial charge in [-0.2, -0.15) is 13.2 Å². The van der Waals surface area contributed by atoms with Gasteiger partial charge in [-0.1, -0.05) is 39.0 Å². The summed E-state index contributed by atoms with van der Waals surface area (Å²) >= 11 is 0. The van der Waals surface area contributed by atoms with Crippen molar-refractivity contribution in [1.29, 1.82) is 0 Å². The number of aromatic amines is 1. The molecule has 0 saturated carbocycles. The summed E-state index contributed by atoms with van der Waals surface area (Å²) in [5.74, 6) is -2.38. The lowest BCUT2D eigenvalue weighted by atomic mass is 9.76. The molecule has 0 aliphatic rings. The third-order valence-corrected chi connectivity index (χ3v) is 6.32. The third kappa shape index (κ3) is 4.57. The van der Waals surface area contributed by atoms with E-state index in [9.17, 15) is 27.5 Å². The largest absolute Gasteiger partial charge is 0.496 e. The maximum absolute atomic E-state index is 14.2. The first-order valence-electron chi connectivity index (χ1n) is 10.8. The van der Waals surface area contributed by atoms with E-state index < -0.39 is 35.0 Å². The number of halogens is 4. The van der Waals surface area contributed by atoms with E-state index in [0.29, 0.717) is 23.9 Å². The van der Waals surface area contributed by atoms with Crippen LogP contribution in [0.25, 0.3) is 10.9 Å². The molecule has 0 spiro atoms. The van der Waals surface area contributed by atoms with Gasteiger partial charge in [0.25, 0.3) is 0 Å². The summed E-state index contributed by atoms with van der Waals surface area (Å²) in [6, 6.07) is 9.82. The molecule has 9 heteroatoms. The summed E-state index contributed by atoms with van der Waals surface area (Å²) in [7, 11) is 1.46. The molecule has 1 aromatic heterocycles. The highest BCUT2D eigenvalue weighted by molar-refractivity contribution is 5.92. The molecule has 3 aromatic rings. The normalized spacial score (nSPS) is 15.9. The SMILES string of the molecule is CCc1cccc(C(C)C(C)C(O)(/C=N/c2ccc(F)c3[nH]c(=O)ccc23)C(F)(F)F)c1OC. The number of nitrogens with one attached hydrogen (secondary N) is 1. The molecule has 0 bridgehead atoms. The Morgan fingerprint density at radius 1 is 1.15 bits per heavy atom. The van der Waals surface area contributed by atoms with Gasteiger partial charge in [-0.25, -0.2) is 4.39 Å². The van der Waals surface area contributed by atoms with Gasteiger partial charge in [-0.3, -0.25) is 9.79 Å². The fourth-order valence-electron chi connectivity index (χ4n) is 4.07. The Hall–Kier alpha value is -3.20. The summed E-state index contributed by atoms with van der Waals surface area (Å²) in [6.07, 6.45) is -3.98. The van der Waals surface area contributed by atoms with E-state index in [1.807, 2.05) is 13.0 Å². The van der Waals surface area contributed by atoms with Crippen LogP contribution in [0.2, 0.25) is 0 Å². The van der Waals surface area contributed by atoms with Gasteiger partial charge in [0.1, 0.15) is 11.6 Å². The Bertz CT molecular complexity index is 1270. The lowest BCUT2D eigenvalue weighted by Crippen LogP contribution is -2.53. The van der Waals surface area contributed by atoms with Crippen LogP contribution in [0.5, 0.6) is 5.75 Å². The Labute approximate surface area is 194 Å². The molecule has 0 fully saturated rings. The van der Waals surface area contributed by atoms with Crippen LogP contribution < -0.4 is 10.3 Å². The molecule has 0 aliphatic carbocycles. The van der Waals surface area contributed by atoms with Crippen molar-refractivity contribution in [3.05, 3.63) is 69.8 Å². The lowest BCUT2D eigenvalue weighted by Gasteiger charge is -2.36. The molecule has 3 atom stereocenters. The quantitative estimate of drug-likeness (QED) is 0.339. The second-order valence-electron chi connectivity index (χ2n) is 8.23. The molecule has 0 saturated heterocycles. The Morgan fingerprint density at radius 2 is 1.85 bits per heavy atom. The van der Waals surface area contributed by atoms with Gasteiger partial charge in [0.2, 0.25) is 5.56 Å². The zero-order valence-corrected chi connectivity index (χ0v) is 19.2. The van der Waals surface area contributed by atoms with Gasteiger partial charge in [0, 0.05) is 23.6 Å². The molecule has 0 radical (unpaired) electrons. The Balaban J connectivity index is 2.09. The van der Waals surface area contributed by atoms with Crippen LogP contribution >= 0.6 is 0 Å². The average molecular weight is 478 g/mol. The van der Waals surface area contributed by atoms with Crippen LogP contribution in [-0.4, -0.2) is 35.2 Å². The molecular weight excluding hydrogens is 452 g/mol. The molecule has 3 unspecified atom stereocenters. The smallest absolute Gasteiger partial charge is 0.422 e. The first-order chi connectivity index (χ1) is 15.9. The highest BCUT2D eigenvalue weighted by Gasteiger charge is 2.57. The molecular formula is C25H26F4N2O3. The van der Waals surface area contributed by atoms with E-state index >= 15 is 0 Å². The van der Waals surface area contributed by atoms with Crippen LogP contribution in [0, 0.1) is 11.7 Å². The summed E-state index contributed by atoms with van der Waals surface area (Å²) in [4.78, 5) is 17.7. The molecule has 5 nitrogen and oxygen atoms in total. The number of aliphatic hydroxyl groups is 1. The van der Waals surface area contributed by atoms with Gasteiger partial charge >= 0.3 is 6.18 Å². The zero-order chi connectivity index (χ0) is 25.3. The van der Waals surface area contributed by atoms with Crippen molar-refractivity contribution in [2.75, 3.05) is 7.11 Å². The number of benzene rings is 2. The number of ether oxygens (including phenoxy) is 1. The molecule has 34 heavy (non-hydrogen) atoms. The summed E-state index contributed by atoms with van der Waals surface area (Å²) in [5, 5.41) is 11.0. The van der Waals surface area contributed by atoms with E-state index in [4.69, 9.17) is 4.74 Å². The number of rotatable bonds is 7. The Morgan fingerprint density at radius 3 is 2.47 bits per heavy atom. The summed E-state index contributed by atoms with van der Waals surface area (Å²) in [6.45, 7) is 4.79. The topological polar surface area (TPSA) is 74.7 Å². The first kappa shape index (κ1) is 25.4.